The molecule has 0 amide bonds. The van der Waals surface area contributed by atoms with E-state index in [2.05, 4.69) is 29.5 Å². The molecule has 0 bridgehead atoms. The van der Waals surface area contributed by atoms with Crippen LogP contribution in [0.1, 0.15) is 58.8 Å². The van der Waals surface area contributed by atoms with Gasteiger partial charge in [-0.3, -0.25) is 4.99 Å². The van der Waals surface area contributed by atoms with Gasteiger partial charge in [-0.15, -0.1) is 0 Å². The molecule has 4 nitrogen and oxygen atoms in total. The first-order valence-corrected chi connectivity index (χ1v) is 8.66. The van der Waals surface area contributed by atoms with Gasteiger partial charge in [-0.2, -0.15) is 0 Å². The summed E-state index contributed by atoms with van der Waals surface area (Å²) >= 11 is 0. The van der Waals surface area contributed by atoms with Crippen molar-refractivity contribution in [1.29, 1.82) is 0 Å². The van der Waals surface area contributed by atoms with E-state index in [1.165, 1.54) is 44.9 Å². The van der Waals surface area contributed by atoms with Crippen molar-refractivity contribution in [3.63, 3.8) is 0 Å². The molecule has 1 saturated carbocycles. The fraction of sp³-hybridized carbons (Fsp3) is 0.941. The molecule has 4 heteroatoms. The standard InChI is InChI=1S/C17H33N3O/c1-14(9-10-15-7-5-4-6-8-15)20-16(18-3)19-11-17(2)12-21-13-17/h14-15H,4-13H2,1-3H3,(H2,18,19,20). The van der Waals surface area contributed by atoms with Crippen molar-refractivity contribution in [2.24, 2.45) is 16.3 Å². The summed E-state index contributed by atoms with van der Waals surface area (Å²) in [7, 11) is 1.85. The SMILES string of the molecule is CN=C(NCC1(C)COC1)NC(C)CCC1CCCCC1. The van der Waals surface area contributed by atoms with Gasteiger partial charge in [0.1, 0.15) is 0 Å². The van der Waals surface area contributed by atoms with Crippen LogP contribution in [0.5, 0.6) is 0 Å². The van der Waals surface area contributed by atoms with Crippen LogP contribution in [-0.4, -0.2) is 38.8 Å². The van der Waals surface area contributed by atoms with Gasteiger partial charge in [-0.05, 0) is 25.7 Å². The highest BCUT2D eigenvalue weighted by Crippen LogP contribution is 2.27. The van der Waals surface area contributed by atoms with Crippen LogP contribution in [0.2, 0.25) is 0 Å². The second kappa shape index (κ2) is 8.02. The fourth-order valence-electron chi connectivity index (χ4n) is 3.31. The number of rotatable bonds is 6. The van der Waals surface area contributed by atoms with Crippen LogP contribution in [0, 0.1) is 11.3 Å². The highest BCUT2D eigenvalue weighted by Gasteiger charge is 2.33. The summed E-state index contributed by atoms with van der Waals surface area (Å²) in [6.45, 7) is 7.16. The molecule has 1 unspecified atom stereocenters. The molecule has 0 spiro atoms. The summed E-state index contributed by atoms with van der Waals surface area (Å²) in [5.41, 5.74) is 0.281. The Bertz CT molecular complexity index is 333. The zero-order valence-electron chi connectivity index (χ0n) is 14.1. The first-order chi connectivity index (χ1) is 10.1. The van der Waals surface area contributed by atoms with Crippen LogP contribution in [0.4, 0.5) is 0 Å². The third-order valence-electron chi connectivity index (χ3n) is 4.92. The third-order valence-corrected chi connectivity index (χ3v) is 4.92. The minimum atomic E-state index is 0.281. The van der Waals surface area contributed by atoms with E-state index in [1.807, 2.05) is 7.05 Å². The van der Waals surface area contributed by atoms with Crippen molar-refractivity contribution in [2.75, 3.05) is 26.8 Å². The molecular weight excluding hydrogens is 262 g/mol. The average Bonchev–Trinajstić information content (AvgIpc) is 2.48. The van der Waals surface area contributed by atoms with Crippen LogP contribution in [-0.2, 0) is 4.74 Å². The zero-order valence-corrected chi connectivity index (χ0v) is 14.1. The predicted molar refractivity (Wildman–Crippen MR) is 88.7 cm³/mol. The predicted octanol–water partition coefficient (Wildman–Crippen LogP) is 2.94. The second-order valence-electron chi connectivity index (χ2n) is 7.36. The van der Waals surface area contributed by atoms with E-state index < -0.39 is 0 Å². The molecule has 122 valence electrons. The minimum Gasteiger partial charge on any atom is -0.380 e. The van der Waals surface area contributed by atoms with Gasteiger partial charge in [-0.1, -0.05) is 39.0 Å². The van der Waals surface area contributed by atoms with Gasteiger partial charge >= 0.3 is 0 Å². The van der Waals surface area contributed by atoms with Gasteiger partial charge < -0.3 is 15.4 Å². The molecule has 2 rings (SSSR count). The summed E-state index contributed by atoms with van der Waals surface area (Å²) in [6, 6.07) is 0.489. The molecule has 0 aromatic heterocycles. The lowest BCUT2D eigenvalue weighted by molar-refractivity contribution is -0.0971. The van der Waals surface area contributed by atoms with Crippen LogP contribution in [0.3, 0.4) is 0 Å². The minimum absolute atomic E-state index is 0.281. The molecule has 1 saturated heterocycles. The molecule has 2 N–H and O–H groups in total. The van der Waals surface area contributed by atoms with Crippen LogP contribution in [0.15, 0.2) is 4.99 Å². The number of ether oxygens (including phenoxy) is 1. The van der Waals surface area contributed by atoms with Crippen molar-refractivity contribution >= 4 is 5.96 Å². The molecule has 0 radical (unpaired) electrons. The third kappa shape index (κ3) is 5.50. The smallest absolute Gasteiger partial charge is 0.191 e. The molecule has 2 fully saturated rings. The summed E-state index contributed by atoms with van der Waals surface area (Å²) in [5.74, 6) is 1.89. The molecule has 1 aliphatic carbocycles. The number of aliphatic imine (C=N–C) groups is 1. The van der Waals surface area contributed by atoms with E-state index in [9.17, 15) is 0 Å². The zero-order chi connectivity index (χ0) is 15.1. The number of nitrogens with zero attached hydrogens (tertiary/aromatic N) is 1. The fourth-order valence-corrected chi connectivity index (χ4v) is 3.31. The quantitative estimate of drug-likeness (QED) is 0.585. The van der Waals surface area contributed by atoms with Gasteiger partial charge in [0, 0.05) is 25.0 Å². The topological polar surface area (TPSA) is 45.7 Å². The van der Waals surface area contributed by atoms with Crippen molar-refractivity contribution in [3.8, 4) is 0 Å². The van der Waals surface area contributed by atoms with Crippen LogP contribution in [0.25, 0.3) is 0 Å². The number of guanidine groups is 1. The van der Waals surface area contributed by atoms with Crippen LogP contribution >= 0.6 is 0 Å². The summed E-state index contributed by atoms with van der Waals surface area (Å²) in [4.78, 5) is 4.34. The largest absolute Gasteiger partial charge is 0.380 e. The van der Waals surface area contributed by atoms with Crippen molar-refractivity contribution in [1.82, 2.24) is 10.6 Å². The van der Waals surface area contributed by atoms with E-state index >= 15 is 0 Å². The van der Waals surface area contributed by atoms with Crippen LogP contribution < -0.4 is 10.6 Å². The maximum absolute atomic E-state index is 5.29. The maximum atomic E-state index is 5.29. The van der Waals surface area contributed by atoms with Gasteiger partial charge in [0.25, 0.3) is 0 Å². The Balaban J connectivity index is 1.63. The monoisotopic (exact) mass is 295 g/mol. The first kappa shape index (κ1) is 16.6. The Labute approximate surface area is 130 Å². The maximum Gasteiger partial charge on any atom is 0.191 e. The molecular formula is C17H33N3O. The van der Waals surface area contributed by atoms with E-state index in [0.29, 0.717) is 6.04 Å². The van der Waals surface area contributed by atoms with Gasteiger partial charge in [0.15, 0.2) is 5.96 Å². The van der Waals surface area contributed by atoms with E-state index in [4.69, 9.17) is 4.74 Å². The highest BCUT2D eigenvalue weighted by atomic mass is 16.5. The molecule has 21 heavy (non-hydrogen) atoms. The lowest BCUT2D eigenvalue weighted by Gasteiger charge is -2.38. The molecule has 2 aliphatic rings. The summed E-state index contributed by atoms with van der Waals surface area (Å²) in [5, 5.41) is 6.96. The summed E-state index contributed by atoms with van der Waals surface area (Å²) < 4.78 is 5.29. The van der Waals surface area contributed by atoms with E-state index in [0.717, 1.165) is 31.6 Å². The summed E-state index contributed by atoms with van der Waals surface area (Å²) in [6.07, 6.45) is 9.81. The Morgan fingerprint density at radius 1 is 1.29 bits per heavy atom. The van der Waals surface area contributed by atoms with Crippen molar-refractivity contribution in [3.05, 3.63) is 0 Å². The molecule has 1 aliphatic heterocycles. The van der Waals surface area contributed by atoms with E-state index in [1.54, 1.807) is 0 Å². The lowest BCUT2D eigenvalue weighted by Crippen LogP contribution is -2.52. The number of hydrogen-bond donors (Lipinski definition) is 2. The van der Waals surface area contributed by atoms with Gasteiger partial charge in [0.05, 0.1) is 13.2 Å². The number of hydrogen-bond acceptors (Lipinski definition) is 2. The Morgan fingerprint density at radius 3 is 2.57 bits per heavy atom. The lowest BCUT2D eigenvalue weighted by atomic mass is 9.85. The number of nitrogens with one attached hydrogen (secondary N) is 2. The molecule has 0 aromatic rings. The van der Waals surface area contributed by atoms with Crippen molar-refractivity contribution in [2.45, 2.75) is 64.8 Å². The van der Waals surface area contributed by atoms with Gasteiger partial charge in [0.2, 0.25) is 0 Å². The first-order valence-electron chi connectivity index (χ1n) is 8.66. The highest BCUT2D eigenvalue weighted by molar-refractivity contribution is 5.79. The molecule has 1 atom stereocenters. The Morgan fingerprint density at radius 2 is 2.00 bits per heavy atom. The normalized spacial score (nSPS) is 24.2. The molecule has 0 aromatic carbocycles. The van der Waals surface area contributed by atoms with Crippen molar-refractivity contribution < 1.29 is 4.74 Å². The Hall–Kier alpha value is -0.770. The Kier molecular flexibility index (Phi) is 6.34. The second-order valence-corrected chi connectivity index (χ2v) is 7.36. The van der Waals surface area contributed by atoms with Gasteiger partial charge in [-0.25, -0.2) is 0 Å². The average molecular weight is 295 g/mol. The molecule has 1 heterocycles. The van der Waals surface area contributed by atoms with E-state index in [-0.39, 0.29) is 5.41 Å².